The van der Waals surface area contributed by atoms with E-state index in [4.69, 9.17) is 11.6 Å². The van der Waals surface area contributed by atoms with Gasteiger partial charge in [0.1, 0.15) is 5.70 Å². The maximum absolute atomic E-state index is 13.2. The van der Waals surface area contributed by atoms with E-state index in [1.807, 2.05) is 42.5 Å². The van der Waals surface area contributed by atoms with Crippen molar-refractivity contribution in [2.24, 2.45) is 0 Å². The van der Waals surface area contributed by atoms with Crippen LogP contribution in [-0.4, -0.2) is 28.5 Å². The molecule has 0 aliphatic carbocycles. The molecule has 41 heavy (non-hydrogen) atoms. The minimum absolute atomic E-state index is 0.0612. The van der Waals surface area contributed by atoms with Crippen LogP contribution in [0.5, 0.6) is 0 Å². The highest BCUT2D eigenvalue weighted by Gasteiger charge is 2.15. The number of carbonyl (C=O) groups is 3. The van der Waals surface area contributed by atoms with E-state index in [9.17, 15) is 14.4 Å². The first-order valence-electron chi connectivity index (χ1n) is 12.5. The topological polar surface area (TPSA) is 100 Å². The lowest BCUT2D eigenvalue weighted by atomic mass is 10.1. The van der Waals surface area contributed by atoms with E-state index < -0.39 is 11.8 Å². The highest BCUT2D eigenvalue weighted by Crippen LogP contribution is 2.26. The number of benzene rings is 4. The summed E-state index contributed by atoms with van der Waals surface area (Å²) in [5, 5.41) is 9.45. The van der Waals surface area contributed by atoms with Crippen LogP contribution in [0.3, 0.4) is 0 Å². The second-order valence-corrected chi connectivity index (χ2v) is 11.3. The van der Waals surface area contributed by atoms with Crippen molar-refractivity contribution in [3.8, 4) is 0 Å². The molecule has 5 aromatic rings. The van der Waals surface area contributed by atoms with Crippen molar-refractivity contribution in [1.29, 1.82) is 0 Å². The summed E-state index contributed by atoms with van der Waals surface area (Å²) < 4.78 is 1.01. The van der Waals surface area contributed by atoms with Crippen molar-refractivity contribution in [2.75, 3.05) is 16.4 Å². The summed E-state index contributed by atoms with van der Waals surface area (Å²) in [6, 6.07) is 30.4. The van der Waals surface area contributed by atoms with E-state index >= 15 is 0 Å². The number of aromatic nitrogens is 1. The number of nitrogens with zero attached hydrogens (tertiary/aromatic N) is 1. The number of rotatable bonds is 9. The summed E-state index contributed by atoms with van der Waals surface area (Å²) in [4.78, 5) is 43.7. The lowest BCUT2D eigenvalue weighted by molar-refractivity contribution is -0.114. The van der Waals surface area contributed by atoms with E-state index in [0.717, 1.165) is 15.1 Å². The van der Waals surface area contributed by atoms with Crippen LogP contribution < -0.4 is 16.0 Å². The van der Waals surface area contributed by atoms with Gasteiger partial charge in [0.2, 0.25) is 5.91 Å². The molecule has 0 fully saturated rings. The van der Waals surface area contributed by atoms with Gasteiger partial charge in [-0.1, -0.05) is 65.4 Å². The number of thioether (sulfide) groups is 1. The average molecular weight is 599 g/mol. The van der Waals surface area contributed by atoms with Crippen LogP contribution in [0.2, 0.25) is 5.02 Å². The number of halogens is 1. The SMILES string of the molecule is O=C(CSc1ccc(NC(=O)/C(=C/c2cccc(Cl)c2)NC(=O)c2ccccc2)cc1)Nc1nc2ccccc2s1. The molecule has 1 heterocycles. The molecule has 0 bridgehead atoms. The zero-order chi connectivity index (χ0) is 28.6. The second-order valence-electron chi connectivity index (χ2n) is 8.74. The van der Waals surface area contributed by atoms with Crippen LogP contribution in [0.15, 0.2) is 114 Å². The van der Waals surface area contributed by atoms with Crippen molar-refractivity contribution in [2.45, 2.75) is 4.90 Å². The molecule has 1 aromatic heterocycles. The van der Waals surface area contributed by atoms with Crippen LogP contribution in [-0.2, 0) is 9.59 Å². The Hall–Kier alpha value is -4.44. The second kappa shape index (κ2) is 13.3. The Balaban J connectivity index is 1.21. The Labute approximate surface area is 249 Å². The summed E-state index contributed by atoms with van der Waals surface area (Å²) in [6.07, 6.45) is 1.57. The Kier molecular flexibility index (Phi) is 9.10. The molecule has 0 aliphatic rings. The van der Waals surface area contributed by atoms with E-state index in [1.54, 1.807) is 66.7 Å². The molecule has 0 radical (unpaired) electrons. The maximum Gasteiger partial charge on any atom is 0.272 e. The van der Waals surface area contributed by atoms with E-state index in [2.05, 4.69) is 20.9 Å². The molecule has 0 aliphatic heterocycles. The van der Waals surface area contributed by atoms with E-state index in [1.165, 1.54) is 23.1 Å². The predicted octanol–water partition coefficient (Wildman–Crippen LogP) is 7.09. The molecule has 204 valence electrons. The standard InChI is InChI=1S/C31H23ClN4O3S2/c32-22-10-6-7-20(17-22)18-26(34-29(38)21-8-2-1-3-9-21)30(39)33-23-13-15-24(16-14-23)40-19-28(37)36-31-35-25-11-4-5-12-27(25)41-31/h1-18H,19H2,(H,33,39)(H,34,38)(H,35,36,37)/b26-18-. The Morgan fingerprint density at radius 2 is 1.61 bits per heavy atom. The van der Waals surface area contributed by atoms with E-state index in [-0.39, 0.29) is 17.4 Å². The van der Waals surface area contributed by atoms with Gasteiger partial charge in [-0.25, -0.2) is 4.98 Å². The molecule has 0 saturated heterocycles. The molecular formula is C31H23ClN4O3S2. The number of fused-ring (bicyclic) bond motifs is 1. The molecule has 3 N–H and O–H groups in total. The number of nitrogens with one attached hydrogen (secondary N) is 3. The third-order valence-corrected chi connectivity index (χ3v) is 7.91. The van der Waals surface area contributed by atoms with Gasteiger partial charge in [-0.15, -0.1) is 11.8 Å². The highest BCUT2D eigenvalue weighted by molar-refractivity contribution is 8.00. The summed E-state index contributed by atoms with van der Waals surface area (Å²) in [5.41, 5.74) is 2.52. The molecule has 0 saturated carbocycles. The lowest BCUT2D eigenvalue weighted by Gasteiger charge is -2.12. The number of thiazole rings is 1. The van der Waals surface area contributed by atoms with Crippen LogP contribution in [0.1, 0.15) is 15.9 Å². The van der Waals surface area contributed by atoms with E-state index in [0.29, 0.717) is 27.0 Å². The fraction of sp³-hybridized carbons (Fsp3) is 0.0323. The molecular weight excluding hydrogens is 576 g/mol. The Morgan fingerprint density at radius 1 is 0.854 bits per heavy atom. The maximum atomic E-state index is 13.2. The minimum atomic E-state index is -0.495. The molecule has 10 heteroatoms. The lowest BCUT2D eigenvalue weighted by Crippen LogP contribution is -2.30. The number of hydrogen-bond acceptors (Lipinski definition) is 6. The number of para-hydroxylation sites is 1. The first-order chi connectivity index (χ1) is 19.9. The molecule has 0 spiro atoms. The normalized spacial score (nSPS) is 11.2. The average Bonchev–Trinajstić information content (AvgIpc) is 3.39. The number of carbonyl (C=O) groups excluding carboxylic acids is 3. The molecule has 0 unspecified atom stereocenters. The van der Waals surface area contributed by atoms with Crippen LogP contribution in [0.4, 0.5) is 10.8 Å². The quantitative estimate of drug-likeness (QED) is 0.124. The fourth-order valence-electron chi connectivity index (χ4n) is 3.77. The van der Waals surface area contributed by atoms with Crippen molar-refractivity contribution in [1.82, 2.24) is 10.3 Å². The monoisotopic (exact) mass is 598 g/mol. The third kappa shape index (κ3) is 7.82. The van der Waals surface area contributed by atoms with Crippen LogP contribution in [0.25, 0.3) is 16.3 Å². The largest absolute Gasteiger partial charge is 0.321 e. The van der Waals surface area contributed by atoms with Gasteiger partial charge in [0.05, 0.1) is 16.0 Å². The smallest absolute Gasteiger partial charge is 0.272 e. The number of amides is 3. The summed E-state index contributed by atoms with van der Waals surface area (Å²) in [7, 11) is 0. The highest BCUT2D eigenvalue weighted by atomic mass is 35.5. The summed E-state index contributed by atoms with van der Waals surface area (Å²) >= 11 is 8.91. The molecule has 3 amide bonds. The molecule has 7 nitrogen and oxygen atoms in total. The zero-order valence-corrected chi connectivity index (χ0v) is 23.9. The van der Waals surface area contributed by atoms with Gasteiger partial charge in [0.15, 0.2) is 5.13 Å². The van der Waals surface area contributed by atoms with Gasteiger partial charge in [0, 0.05) is 21.2 Å². The van der Waals surface area contributed by atoms with Crippen LogP contribution >= 0.6 is 34.7 Å². The van der Waals surface area contributed by atoms with Gasteiger partial charge in [-0.2, -0.15) is 0 Å². The van der Waals surface area contributed by atoms with Crippen molar-refractivity contribution >= 4 is 79.5 Å². The first kappa shape index (κ1) is 28.1. The van der Waals surface area contributed by atoms with Gasteiger partial charge in [0.25, 0.3) is 11.8 Å². The van der Waals surface area contributed by atoms with Gasteiger partial charge < -0.3 is 16.0 Å². The fourth-order valence-corrected chi connectivity index (χ4v) is 5.55. The van der Waals surface area contributed by atoms with Gasteiger partial charge in [-0.3, -0.25) is 14.4 Å². The van der Waals surface area contributed by atoms with Crippen molar-refractivity contribution in [3.05, 3.63) is 125 Å². The molecule has 4 aromatic carbocycles. The predicted molar refractivity (Wildman–Crippen MR) is 167 cm³/mol. The zero-order valence-electron chi connectivity index (χ0n) is 21.5. The minimum Gasteiger partial charge on any atom is -0.321 e. The van der Waals surface area contributed by atoms with Crippen molar-refractivity contribution in [3.63, 3.8) is 0 Å². The van der Waals surface area contributed by atoms with Crippen molar-refractivity contribution < 1.29 is 14.4 Å². The third-order valence-electron chi connectivity index (χ3n) is 5.71. The first-order valence-corrected chi connectivity index (χ1v) is 14.6. The Morgan fingerprint density at radius 3 is 2.37 bits per heavy atom. The summed E-state index contributed by atoms with van der Waals surface area (Å²) in [5.74, 6) is -0.856. The summed E-state index contributed by atoms with van der Waals surface area (Å²) in [6.45, 7) is 0. The van der Waals surface area contributed by atoms with Crippen LogP contribution in [0, 0.1) is 0 Å². The van der Waals surface area contributed by atoms with Gasteiger partial charge >= 0.3 is 0 Å². The number of anilines is 2. The molecule has 0 atom stereocenters. The Bertz CT molecular complexity index is 1700. The number of hydrogen-bond donors (Lipinski definition) is 3. The van der Waals surface area contributed by atoms with Gasteiger partial charge in [-0.05, 0) is 72.3 Å². The molecule has 5 rings (SSSR count).